The standard InChI is InChI=1S/C11H22N2O2/c1-4-7-13(3)8-11(12-2,10(14)15)9-5-6-9/h9,12H,4-8H2,1-3H3,(H,14,15). The molecule has 0 aromatic rings. The number of hydrogen-bond acceptors (Lipinski definition) is 3. The summed E-state index contributed by atoms with van der Waals surface area (Å²) in [5.41, 5.74) is -0.732. The van der Waals surface area contributed by atoms with Gasteiger partial charge in [-0.2, -0.15) is 0 Å². The van der Waals surface area contributed by atoms with E-state index in [9.17, 15) is 9.90 Å². The second-order valence-corrected chi connectivity index (χ2v) is 4.54. The average Bonchev–Trinajstić information content (AvgIpc) is 2.97. The molecule has 2 N–H and O–H groups in total. The van der Waals surface area contributed by atoms with Crippen LogP contribution >= 0.6 is 0 Å². The van der Waals surface area contributed by atoms with Crippen molar-refractivity contribution in [1.82, 2.24) is 10.2 Å². The van der Waals surface area contributed by atoms with Crippen molar-refractivity contribution in [2.24, 2.45) is 5.92 Å². The molecular formula is C11H22N2O2. The quantitative estimate of drug-likeness (QED) is 0.657. The van der Waals surface area contributed by atoms with Crippen LogP contribution in [0.5, 0.6) is 0 Å². The van der Waals surface area contributed by atoms with Gasteiger partial charge < -0.3 is 15.3 Å². The molecule has 1 saturated carbocycles. The minimum Gasteiger partial charge on any atom is -0.480 e. The molecule has 0 spiro atoms. The van der Waals surface area contributed by atoms with E-state index in [1.165, 1.54) is 0 Å². The van der Waals surface area contributed by atoms with Crippen LogP contribution in [0.25, 0.3) is 0 Å². The van der Waals surface area contributed by atoms with Gasteiger partial charge in [0.05, 0.1) is 0 Å². The van der Waals surface area contributed by atoms with E-state index in [1.54, 1.807) is 7.05 Å². The molecule has 88 valence electrons. The number of nitrogens with zero attached hydrogens (tertiary/aromatic N) is 1. The summed E-state index contributed by atoms with van der Waals surface area (Å²) >= 11 is 0. The minimum atomic E-state index is -0.732. The predicted molar refractivity (Wildman–Crippen MR) is 59.9 cm³/mol. The van der Waals surface area contributed by atoms with Gasteiger partial charge in [-0.3, -0.25) is 4.79 Å². The van der Waals surface area contributed by atoms with Gasteiger partial charge >= 0.3 is 5.97 Å². The maximum absolute atomic E-state index is 11.4. The molecule has 1 unspecified atom stereocenters. The average molecular weight is 214 g/mol. The molecule has 4 nitrogen and oxygen atoms in total. The van der Waals surface area contributed by atoms with Gasteiger partial charge in [0.1, 0.15) is 5.54 Å². The zero-order valence-electron chi connectivity index (χ0n) is 9.92. The van der Waals surface area contributed by atoms with Gasteiger partial charge in [-0.15, -0.1) is 0 Å². The third-order valence-electron chi connectivity index (χ3n) is 3.23. The number of carboxylic acids is 1. The van der Waals surface area contributed by atoms with E-state index in [4.69, 9.17) is 0 Å². The van der Waals surface area contributed by atoms with Crippen molar-refractivity contribution in [1.29, 1.82) is 0 Å². The number of likely N-dealkylation sites (N-methyl/N-ethyl adjacent to an activating group) is 2. The van der Waals surface area contributed by atoms with Crippen LogP contribution < -0.4 is 5.32 Å². The minimum absolute atomic E-state index is 0.305. The van der Waals surface area contributed by atoms with Crippen LogP contribution in [-0.2, 0) is 4.79 Å². The summed E-state index contributed by atoms with van der Waals surface area (Å²) in [6, 6.07) is 0. The Hall–Kier alpha value is -0.610. The molecule has 1 aliphatic carbocycles. The van der Waals surface area contributed by atoms with E-state index in [2.05, 4.69) is 17.1 Å². The summed E-state index contributed by atoms with van der Waals surface area (Å²) < 4.78 is 0. The topological polar surface area (TPSA) is 52.6 Å². The van der Waals surface area contributed by atoms with Gasteiger partial charge in [0.15, 0.2) is 0 Å². The van der Waals surface area contributed by atoms with Crippen LogP contribution in [-0.4, -0.2) is 48.7 Å². The molecule has 1 atom stereocenters. The zero-order chi connectivity index (χ0) is 11.5. The number of carboxylic acid groups (broad SMARTS) is 1. The summed E-state index contributed by atoms with van der Waals surface area (Å²) in [6.07, 6.45) is 3.13. The Labute approximate surface area is 91.6 Å². The third kappa shape index (κ3) is 2.69. The Kier molecular flexibility index (Phi) is 4.11. The fraction of sp³-hybridized carbons (Fsp3) is 0.909. The number of rotatable bonds is 7. The smallest absolute Gasteiger partial charge is 0.325 e. The van der Waals surface area contributed by atoms with Crippen LogP contribution in [0.2, 0.25) is 0 Å². The Bertz CT molecular complexity index is 229. The fourth-order valence-corrected chi connectivity index (χ4v) is 2.22. The first kappa shape index (κ1) is 12.5. The van der Waals surface area contributed by atoms with Gasteiger partial charge in [0, 0.05) is 6.54 Å². The SMILES string of the molecule is CCCN(C)CC(NC)(C(=O)O)C1CC1. The largest absolute Gasteiger partial charge is 0.480 e. The molecule has 0 aromatic carbocycles. The number of aliphatic carboxylic acids is 1. The number of hydrogen-bond donors (Lipinski definition) is 2. The van der Waals surface area contributed by atoms with Crippen molar-refractivity contribution < 1.29 is 9.90 Å². The highest BCUT2D eigenvalue weighted by Crippen LogP contribution is 2.40. The maximum atomic E-state index is 11.4. The van der Waals surface area contributed by atoms with Crippen LogP contribution in [0.3, 0.4) is 0 Å². The highest BCUT2D eigenvalue weighted by atomic mass is 16.4. The summed E-state index contributed by atoms with van der Waals surface area (Å²) in [7, 11) is 3.74. The van der Waals surface area contributed by atoms with Crippen molar-refractivity contribution in [3.05, 3.63) is 0 Å². The van der Waals surface area contributed by atoms with Crippen molar-refractivity contribution in [3.8, 4) is 0 Å². The summed E-state index contributed by atoms with van der Waals surface area (Å²) in [5.74, 6) is -0.408. The van der Waals surface area contributed by atoms with E-state index < -0.39 is 11.5 Å². The Morgan fingerprint density at radius 3 is 2.53 bits per heavy atom. The fourth-order valence-electron chi connectivity index (χ4n) is 2.22. The molecular weight excluding hydrogens is 192 g/mol. The summed E-state index contributed by atoms with van der Waals surface area (Å²) in [4.78, 5) is 13.5. The van der Waals surface area contributed by atoms with E-state index in [0.29, 0.717) is 12.5 Å². The normalized spacial score (nSPS) is 20.3. The Balaban J connectivity index is 2.67. The van der Waals surface area contributed by atoms with Gasteiger partial charge in [0.2, 0.25) is 0 Å². The summed E-state index contributed by atoms with van der Waals surface area (Å²) in [6.45, 7) is 3.65. The number of nitrogens with one attached hydrogen (secondary N) is 1. The lowest BCUT2D eigenvalue weighted by Gasteiger charge is -2.33. The van der Waals surface area contributed by atoms with Gasteiger partial charge in [0.25, 0.3) is 0 Å². The van der Waals surface area contributed by atoms with E-state index in [1.807, 2.05) is 7.05 Å². The molecule has 0 radical (unpaired) electrons. The lowest BCUT2D eigenvalue weighted by atomic mass is 9.92. The zero-order valence-corrected chi connectivity index (χ0v) is 9.92. The first-order chi connectivity index (χ1) is 7.06. The molecule has 15 heavy (non-hydrogen) atoms. The molecule has 1 fully saturated rings. The molecule has 1 aliphatic rings. The van der Waals surface area contributed by atoms with Crippen molar-refractivity contribution in [3.63, 3.8) is 0 Å². The lowest BCUT2D eigenvalue weighted by Crippen LogP contribution is -2.59. The van der Waals surface area contributed by atoms with Crippen LogP contribution in [0.15, 0.2) is 0 Å². The number of carbonyl (C=O) groups is 1. The highest BCUT2D eigenvalue weighted by molar-refractivity contribution is 5.80. The molecule has 0 heterocycles. The maximum Gasteiger partial charge on any atom is 0.325 e. The van der Waals surface area contributed by atoms with Crippen LogP contribution in [0.4, 0.5) is 0 Å². The van der Waals surface area contributed by atoms with Crippen molar-refractivity contribution >= 4 is 5.97 Å². The van der Waals surface area contributed by atoms with Crippen LogP contribution in [0, 0.1) is 5.92 Å². The Morgan fingerprint density at radius 1 is 1.60 bits per heavy atom. The molecule has 0 amide bonds. The Morgan fingerprint density at radius 2 is 2.20 bits per heavy atom. The molecule has 0 aliphatic heterocycles. The molecule has 1 rings (SSSR count). The van der Waals surface area contributed by atoms with E-state index in [0.717, 1.165) is 25.8 Å². The lowest BCUT2D eigenvalue weighted by molar-refractivity contribution is -0.146. The van der Waals surface area contributed by atoms with Gasteiger partial charge in [-0.25, -0.2) is 0 Å². The van der Waals surface area contributed by atoms with Gasteiger partial charge in [-0.05, 0) is 45.8 Å². The van der Waals surface area contributed by atoms with Crippen LogP contribution in [0.1, 0.15) is 26.2 Å². The first-order valence-corrected chi connectivity index (χ1v) is 5.67. The van der Waals surface area contributed by atoms with E-state index >= 15 is 0 Å². The monoisotopic (exact) mass is 214 g/mol. The second-order valence-electron chi connectivity index (χ2n) is 4.54. The summed E-state index contributed by atoms with van der Waals surface area (Å²) in [5, 5.41) is 12.4. The van der Waals surface area contributed by atoms with E-state index in [-0.39, 0.29) is 0 Å². The first-order valence-electron chi connectivity index (χ1n) is 5.67. The second kappa shape index (κ2) is 4.94. The molecule has 0 saturated heterocycles. The molecule has 0 bridgehead atoms. The molecule has 0 aromatic heterocycles. The van der Waals surface area contributed by atoms with Crippen molar-refractivity contribution in [2.45, 2.75) is 31.7 Å². The highest BCUT2D eigenvalue weighted by Gasteiger charge is 2.50. The van der Waals surface area contributed by atoms with Crippen molar-refractivity contribution in [2.75, 3.05) is 27.2 Å². The van der Waals surface area contributed by atoms with Gasteiger partial charge in [-0.1, -0.05) is 6.92 Å². The molecule has 4 heteroatoms. The predicted octanol–water partition coefficient (Wildman–Crippen LogP) is 0.781. The third-order valence-corrected chi connectivity index (χ3v) is 3.23.